The van der Waals surface area contributed by atoms with Crippen LogP contribution < -0.4 is 5.32 Å². The van der Waals surface area contributed by atoms with Gasteiger partial charge in [0.1, 0.15) is 5.54 Å². The Labute approximate surface area is 140 Å². The molecule has 0 spiro atoms. The Kier molecular flexibility index (Phi) is 7.77. The Morgan fingerprint density at radius 3 is 2.62 bits per heavy atom. The van der Waals surface area contributed by atoms with Crippen LogP contribution in [0, 0.1) is 0 Å². The summed E-state index contributed by atoms with van der Waals surface area (Å²) < 4.78 is 1.12. The van der Waals surface area contributed by atoms with E-state index in [-0.39, 0.29) is 6.04 Å². The minimum Gasteiger partial charge on any atom is -0.480 e. The highest BCUT2D eigenvalue weighted by atomic mass is 79.9. The first-order valence-corrected chi connectivity index (χ1v) is 9.01. The van der Waals surface area contributed by atoms with Crippen molar-refractivity contribution in [3.63, 3.8) is 0 Å². The summed E-state index contributed by atoms with van der Waals surface area (Å²) in [7, 11) is 0. The number of hydrogen-bond donors (Lipinski definition) is 2. The van der Waals surface area contributed by atoms with Crippen molar-refractivity contribution in [2.45, 2.75) is 56.5 Å². The topological polar surface area (TPSA) is 49.3 Å². The lowest BCUT2D eigenvalue weighted by atomic mass is 9.94. The zero-order chi connectivity index (χ0) is 15.9. The number of carbonyl (C=O) groups is 1. The highest BCUT2D eigenvalue weighted by molar-refractivity contribution is 9.10. The van der Waals surface area contributed by atoms with E-state index in [0.29, 0.717) is 6.42 Å². The van der Waals surface area contributed by atoms with E-state index in [9.17, 15) is 9.90 Å². The van der Waals surface area contributed by atoms with E-state index in [4.69, 9.17) is 0 Å². The third kappa shape index (κ3) is 6.41. The normalized spacial score (nSPS) is 14.1. The minimum absolute atomic E-state index is 0.167. The molecule has 118 valence electrons. The summed E-state index contributed by atoms with van der Waals surface area (Å²) in [6, 6.07) is 8.33. The molecule has 0 fully saturated rings. The van der Waals surface area contributed by atoms with E-state index in [1.165, 1.54) is 4.90 Å². The molecule has 0 aromatic heterocycles. The van der Waals surface area contributed by atoms with Crippen LogP contribution in [0.15, 0.2) is 33.6 Å². The number of nitrogens with one attached hydrogen (secondary N) is 1. The average molecular weight is 374 g/mol. The highest BCUT2D eigenvalue weighted by Gasteiger charge is 2.32. The first-order chi connectivity index (χ1) is 9.85. The van der Waals surface area contributed by atoms with Gasteiger partial charge in [-0.2, -0.15) is 0 Å². The molecule has 0 saturated heterocycles. The number of unbranched alkanes of at least 4 members (excludes halogenated alkanes) is 1. The quantitative estimate of drug-likeness (QED) is 0.492. The third-order valence-electron chi connectivity index (χ3n) is 3.24. The Morgan fingerprint density at radius 1 is 1.38 bits per heavy atom. The summed E-state index contributed by atoms with van der Waals surface area (Å²) in [5.41, 5.74) is -0.827. The molecule has 0 aliphatic rings. The van der Waals surface area contributed by atoms with E-state index < -0.39 is 11.5 Å². The first kappa shape index (κ1) is 18.5. The van der Waals surface area contributed by atoms with Crippen molar-refractivity contribution in [3.8, 4) is 0 Å². The predicted octanol–water partition coefficient (Wildman–Crippen LogP) is 4.55. The fourth-order valence-corrected chi connectivity index (χ4v) is 3.78. The molecule has 0 heterocycles. The number of benzene rings is 1. The van der Waals surface area contributed by atoms with Gasteiger partial charge in [0.05, 0.1) is 0 Å². The van der Waals surface area contributed by atoms with Crippen molar-refractivity contribution in [2.75, 3.05) is 5.75 Å². The highest BCUT2D eigenvalue weighted by Crippen LogP contribution is 2.28. The standard InChI is InChI=1S/C16H24BrNO2S/c1-12(2)18-16(3,15(19)20)10-6-7-11-21-14-9-5-4-8-13(14)17/h4-5,8-9,12,18H,6-7,10-11H2,1-3H3,(H,19,20). The van der Waals surface area contributed by atoms with Crippen LogP contribution in [-0.2, 0) is 4.79 Å². The monoisotopic (exact) mass is 373 g/mol. The smallest absolute Gasteiger partial charge is 0.323 e. The third-order valence-corrected chi connectivity index (χ3v) is 5.36. The molecule has 0 aliphatic carbocycles. The van der Waals surface area contributed by atoms with E-state index in [2.05, 4.69) is 27.3 Å². The lowest BCUT2D eigenvalue weighted by Gasteiger charge is -2.28. The average Bonchev–Trinajstić information content (AvgIpc) is 2.39. The Morgan fingerprint density at radius 2 is 2.05 bits per heavy atom. The van der Waals surface area contributed by atoms with Gasteiger partial charge in [0.25, 0.3) is 0 Å². The number of thioether (sulfide) groups is 1. The molecule has 3 nitrogen and oxygen atoms in total. The molecule has 2 N–H and O–H groups in total. The van der Waals surface area contributed by atoms with Crippen molar-refractivity contribution in [3.05, 3.63) is 28.7 Å². The zero-order valence-corrected chi connectivity index (χ0v) is 15.3. The van der Waals surface area contributed by atoms with E-state index in [0.717, 1.165) is 23.1 Å². The SMILES string of the molecule is CC(C)NC(C)(CCCCSc1ccccc1Br)C(=O)O. The summed E-state index contributed by atoms with van der Waals surface area (Å²) >= 11 is 5.34. The van der Waals surface area contributed by atoms with Gasteiger partial charge in [-0.05, 0) is 67.4 Å². The summed E-state index contributed by atoms with van der Waals surface area (Å²) in [5, 5.41) is 12.5. The lowest BCUT2D eigenvalue weighted by molar-refractivity contribution is -0.144. The Bertz CT molecular complexity index is 467. The minimum atomic E-state index is -0.827. The van der Waals surface area contributed by atoms with E-state index >= 15 is 0 Å². The van der Waals surface area contributed by atoms with Crippen molar-refractivity contribution < 1.29 is 9.90 Å². The number of aliphatic carboxylic acids is 1. The molecular weight excluding hydrogens is 350 g/mol. The van der Waals surface area contributed by atoms with Crippen LogP contribution in [0.4, 0.5) is 0 Å². The van der Waals surface area contributed by atoms with Crippen LogP contribution in [0.3, 0.4) is 0 Å². The molecule has 1 unspecified atom stereocenters. The first-order valence-electron chi connectivity index (χ1n) is 7.23. The maximum atomic E-state index is 11.4. The molecule has 1 atom stereocenters. The van der Waals surface area contributed by atoms with Crippen LogP contribution in [0.2, 0.25) is 0 Å². The molecule has 21 heavy (non-hydrogen) atoms. The van der Waals surface area contributed by atoms with Crippen LogP contribution in [0.25, 0.3) is 0 Å². The second-order valence-corrected chi connectivity index (χ2v) is 7.66. The molecule has 1 rings (SSSR count). The zero-order valence-electron chi connectivity index (χ0n) is 12.9. The van der Waals surface area contributed by atoms with Crippen molar-refractivity contribution >= 4 is 33.7 Å². The fourth-order valence-electron chi connectivity index (χ4n) is 2.20. The van der Waals surface area contributed by atoms with Crippen LogP contribution in [-0.4, -0.2) is 28.4 Å². The molecule has 0 radical (unpaired) electrons. The molecule has 0 saturated carbocycles. The Hall–Kier alpha value is -0.520. The molecule has 0 amide bonds. The Balaban J connectivity index is 2.35. The van der Waals surface area contributed by atoms with Gasteiger partial charge in [0, 0.05) is 15.4 Å². The van der Waals surface area contributed by atoms with Gasteiger partial charge in [-0.25, -0.2) is 0 Å². The van der Waals surface area contributed by atoms with Crippen molar-refractivity contribution in [2.24, 2.45) is 0 Å². The summed E-state index contributed by atoms with van der Waals surface area (Å²) in [4.78, 5) is 12.6. The number of hydrogen-bond acceptors (Lipinski definition) is 3. The van der Waals surface area contributed by atoms with Crippen molar-refractivity contribution in [1.29, 1.82) is 0 Å². The number of carboxylic acid groups (broad SMARTS) is 1. The molecule has 1 aromatic rings. The van der Waals surface area contributed by atoms with Crippen LogP contribution in [0.5, 0.6) is 0 Å². The van der Waals surface area contributed by atoms with Crippen LogP contribution >= 0.6 is 27.7 Å². The van der Waals surface area contributed by atoms with Gasteiger partial charge in [-0.15, -0.1) is 11.8 Å². The maximum Gasteiger partial charge on any atom is 0.323 e. The fraction of sp³-hybridized carbons (Fsp3) is 0.562. The molecule has 0 bridgehead atoms. The molecule has 5 heteroatoms. The summed E-state index contributed by atoms with van der Waals surface area (Å²) in [6.45, 7) is 5.73. The van der Waals surface area contributed by atoms with Gasteiger partial charge < -0.3 is 5.11 Å². The predicted molar refractivity (Wildman–Crippen MR) is 93.0 cm³/mol. The largest absolute Gasteiger partial charge is 0.480 e. The van der Waals surface area contributed by atoms with Gasteiger partial charge in [0.15, 0.2) is 0 Å². The number of carboxylic acids is 1. The second-order valence-electron chi connectivity index (χ2n) is 5.67. The van der Waals surface area contributed by atoms with Gasteiger partial charge in [-0.3, -0.25) is 10.1 Å². The van der Waals surface area contributed by atoms with E-state index in [1.54, 1.807) is 18.7 Å². The van der Waals surface area contributed by atoms with Gasteiger partial charge in [-0.1, -0.05) is 18.6 Å². The summed E-state index contributed by atoms with van der Waals surface area (Å²) in [6.07, 6.45) is 2.56. The number of rotatable bonds is 9. The van der Waals surface area contributed by atoms with Crippen molar-refractivity contribution in [1.82, 2.24) is 5.32 Å². The second kappa shape index (κ2) is 8.81. The molecular formula is C16H24BrNO2S. The molecule has 0 aliphatic heterocycles. The van der Waals surface area contributed by atoms with E-state index in [1.807, 2.05) is 32.0 Å². The van der Waals surface area contributed by atoms with Crippen LogP contribution in [0.1, 0.15) is 40.0 Å². The maximum absolute atomic E-state index is 11.4. The number of halogens is 1. The van der Waals surface area contributed by atoms with Gasteiger partial charge >= 0.3 is 5.97 Å². The van der Waals surface area contributed by atoms with Gasteiger partial charge in [0.2, 0.25) is 0 Å². The lowest BCUT2D eigenvalue weighted by Crippen LogP contribution is -2.52. The summed E-state index contributed by atoms with van der Waals surface area (Å²) in [5.74, 6) is 0.231. The molecule has 1 aromatic carbocycles.